The van der Waals surface area contributed by atoms with Gasteiger partial charge in [0.15, 0.2) is 5.58 Å². The van der Waals surface area contributed by atoms with Crippen molar-refractivity contribution < 1.29 is 4.42 Å². The van der Waals surface area contributed by atoms with Crippen molar-refractivity contribution in [3.8, 4) is 17.3 Å². The number of oxazole rings is 1. The lowest BCUT2D eigenvalue weighted by Crippen LogP contribution is -2.08. The fourth-order valence-corrected chi connectivity index (χ4v) is 2.05. The highest BCUT2D eigenvalue weighted by molar-refractivity contribution is 5.79. The molecule has 0 N–H and O–H groups in total. The first-order valence-corrected chi connectivity index (χ1v) is 5.94. The Morgan fingerprint density at radius 2 is 2.10 bits per heavy atom. The van der Waals surface area contributed by atoms with Gasteiger partial charge in [0.25, 0.3) is 0 Å². The quantitative estimate of drug-likeness (QED) is 0.670. The monoisotopic (exact) mass is 266 g/mol. The van der Waals surface area contributed by atoms with E-state index < -0.39 is 5.76 Å². The predicted molar refractivity (Wildman–Crippen MR) is 71.9 cm³/mol. The fraction of sp³-hybridized carbons (Fsp3) is 0.143. The summed E-state index contributed by atoms with van der Waals surface area (Å²) in [5, 5.41) is 8.92. The summed E-state index contributed by atoms with van der Waals surface area (Å²) in [4.78, 5) is 19.7. The minimum absolute atomic E-state index is 0.126. The van der Waals surface area contributed by atoms with E-state index in [1.807, 2.05) is 12.1 Å². The highest BCUT2D eigenvalue weighted by Gasteiger charge is 2.09. The third-order valence-electron chi connectivity index (χ3n) is 3.04. The van der Waals surface area contributed by atoms with Gasteiger partial charge in [-0.1, -0.05) is 0 Å². The van der Waals surface area contributed by atoms with Gasteiger partial charge in [0, 0.05) is 18.3 Å². The summed E-state index contributed by atoms with van der Waals surface area (Å²) in [5.41, 5.74) is 3.36. The van der Waals surface area contributed by atoms with Crippen molar-refractivity contribution in [2.24, 2.45) is 7.05 Å². The molecule has 0 aliphatic rings. The molecule has 0 saturated carbocycles. The summed E-state index contributed by atoms with van der Waals surface area (Å²) in [6, 6.07) is 9.05. The Bertz CT molecular complexity index is 915. The second kappa shape index (κ2) is 4.31. The number of nitrogens with zero attached hydrogens (tertiary/aromatic N) is 4. The van der Waals surface area contributed by atoms with Crippen LogP contribution in [0.15, 0.2) is 33.5 Å². The van der Waals surface area contributed by atoms with E-state index in [1.165, 1.54) is 4.57 Å². The van der Waals surface area contributed by atoms with E-state index in [1.54, 1.807) is 32.2 Å². The molecule has 0 unspecified atom stereocenters. The highest BCUT2D eigenvalue weighted by atomic mass is 16.4. The van der Waals surface area contributed by atoms with Gasteiger partial charge in [0.1, 0.15) is 6.07 Å². The molecule has 0 amide bonds. The zero-order valence-corrected chi connectivity index (χ0v) is 10.9. The molecule has 2 heterocycles. The van der Waals surface area contributed by atoms with Gasteiger partial charge in [0.05, 0.1) is 11.2 Å². The molecule has 0 radical (unpaired) electrons. The summed E-state index contributed by atoms with van der Waals surface area (Å²) < 4.78 is 6.51. The van der Waals surface area contributed by atoms with Crippen LogP contribution in [0.3, 0.4) is 0 Å². The maximum absolute atomic E-state index is 11.5. The van der Waals surface area contributed by atoms with Crippen LogP contribution in [0.5, 0.6) is 0 Å². The molecule has 98 valence electrons. The Morgan fingerprint density at radius 1 is 1.30 bits per heavy atom. The van der Waals surface area contributed by atoms with E-state index in [4.69, 9.17) is 9.68 Å². The van der Waals surface area contributed by atoms with Crippen molar-refractivity contribution in [2.75, 3.05) is 0 Å². The Kier molecular flexibility index (Phi) is 2.61. The molecule has 2 aromatic heterocycles. The van der Waals surface area contributed by atoms with Crippen LogP contribution < -0.4 is 5.76 Å². The number of hydrogen-bond acceptors (Lipinski definition) is 5. The molecular formula is C14H10N4O2. The minimum Gasteiger partial charge on any atom is -0.408 e. The smallest absolute Gasteiger partial charge is 0.408 e. The molecule has 20 heavy (non-hydrogen) atoms. The van der Waals surface area contributed by atoms with Crippen molar-refractivity contribution in [1.82, 2.24) is 14.5 Å². The molecular weight excluding hydrogens is 256 g/mol. The molecule has 1 aromatic carbocycles. The lowest BCUT2D eigenvalue weighted by molar-refractivity contribution is 0.528. The third kappa shape index (κ3) is 1.86. The highest BCUT2D eigenvalue weighted by Crippen LogP contribution is 2.22. The number of rotatable bonds is 1. The van der Waals surface area contributed by atoms with Crippen molar-refractivity contribution in [2.45, 2.75) is 6.92 Å². The third-order valence-corrected chi connectivity index (χ3v) is 3.04. The lowest BCUT2D eigenvalue weighted by atomic mass is 10.1. The second-order valence-electron chi connectivity index (χ2n) is 4.44. The first-order valence-electron chi connectivity index (χ1n) is 5.94. The van der Waals surface area contributed by atoms with Crippen molar-refractivity contribution >= 4 is 11.1 Å². The SMILES string of the molecule is Cc1cc(-c2ccc3oc(=O)n(C)c3c2)nc(C#N)n1. The average molecular weight is 266 g/mol. The molecule has 6 heteroatoms. The molecule has 0 aliphatic heterocycles. The molecule has 3 rings (SSSR count). The van der Waals surface area contributed by atoms with Gasteiger partial charge < -0.3 is 4.42 Å². The summed E-state index contributed by atoms with van der Waals surface area (Å²) in [5.74, 6) is -0.282. The van der Waals surface area contributed by atoms with E-state index in [-0.39, 0.29) is 5.82 Å². The Balaban J connectivity index is 2.24. The van der Waals surface area contributed by atoms with E-state index in [0.29, 0.717) is 22.5 Å². The number of hydrogen-bond donors (Lipinski definition) is 0. The van der Waals surface area contributed by atoms with Crippen LogP contribution in [-0.2, 0) is 7.05 Å². The van der Waals surface area contributed by atoms with E-state index in [2.05, 4.69) is 9.97 Å². The molecule has 0 fully saturated rings. The van der Waals surface area contributed by atoms with Gasteiger partial charge in [0.2, 0.25) is 5.82 Å². The standard InChI is InChI=1S/C14H10N4O2/c1-8-5-10(17-13(7-15)16-8)9-3-4-12-11(6-9)18(2)14(19)20-12/h3-6H,1-2H3. The Labute approximate surface area is 113 Å². The van der Waals surface area contributed by atoms with Crippen LogP contribution in [-0.4, -0.2) is 14.5 Å². The van der Waals surface area contributed by atoms with E-state index >= 15 is 0 Å². The Morgan fingerprint density at radius 3 is 2.85 bits per heavy atom. The lowest BCUT2D eigenvalue weighted by Gasteiger charge is -2.03. The maximum atomic E-state index is 11.5. The summed E-state index contributed by atoms with van der Waals surface area (Å²) in [7, 11) is 1.64. The molecule has 0 aliphatic carbocycles. The van der Waals surface area contributed by atoms with Crippen LogP contribution in [0, 0.1) is 18.3 Å². The van der Waals surface area contributed by atoms with Gasteiger partial charge in [-0.3, -0.25) is 4.57 Å². The molecule has 0 bridgehead atoms. The maximum Gasteiger partial charge on any atom is 0.419 e. The van der Waals surface area contributed by atoms with Crippen LogP contribution in [0.2, 0.25) is 0 Å². The number of aromatic nitrogens is 3. The van der Waals surface area contributed by atoms with Gasteiger partial charge in [-0.2, -0.15) is 5.26 Å². The second-order valence-corrected chi connectivity index (χ2v) is 4.44. The van der Waals surface area contributed by atoms with Crippen LogP contribution in [0.4, 0.5) is 0 Å². The van der Waals surface area contributed by atoms with Gasteiger partial charge in [-0.15, -0.1) is 0 Å². The molecule has 0 saturated heterocycles. The molecule has 3 aromatic rings. The zero-order valence-electron chi connectivity index (χ0n) is 10.9. The van der Waals surface area contributed by atoms with Gasteiger partial charge in [-0.05, 0) is 31.2 Å². The topological polar surface area (TPSA) is 84.7 Å². The minimum atomic E-state index is -0.409. The first kappa shape index (κ1) is 12.1. The molecule has 0 spiro atoms. The number of fused-ring (bicyclic) bond motifs is 1. The average Bonchev–Trinajstić information content (AvgIpc) is 2.73. The number of benzene rings is 1. The van der Waals surface area contributed by atoms with E-state index in [0.717, 1.165) is 5.56 Å². The van der Waals surface area contributed by atoms with Crippen LogP contribution in [0.25, 0.3) is 22.4 Å². The van der Waals surface area contributed by atoms with E-state index in [9.17, 15) is 4.79 Å². The zero-order chi connectivity index (χ0) is 14.3. The van der Waals surface area contributed by atoms with Gasteiger partial charge in [-0.25, -0.2) is 14.8 Å². The van der Waals surface area contributed by atoms with Crippen molar-refractivity contribution in [3.05, 3.63) is 46.3 Å². The summed E-state index contributed by atoms with van der Waals surface area (Å²) in [6.07, 6.45) is 0. The van der Waals surface area contributed by atoms with Crippen molar-refractivity contribution in [3.63, 3.8) is 0 Å². The fourth-order valence-electron chi connectivity index (χ4n) is 2.05. The summed E-state index contributed by atoms with van der Waals surface area (Å²) in [6.45, 7) is 1.80. The van der Waals surface area contributed by atoms with Crippen LogP contribution >= 0.6 is 0 Å². The normalized spacial score (nSPS) is 10.7. The van der Waals surface area contributed by atoms with Crippen LogP contribution in [0.1, 0.15) is 11.5 Å². The molecule has 0 atom stereocenters. The Hall–Kier alpha value is -2.94. The van der Waals surface area contributed by atoms with Gasteiger partial charge >= 0.3 is 5.76 Å². The largest absolute Gasteiger partial charge is 0.419 e. The first-order chi connectivity index (χ1) is 9.58. The molecule has 6 nitrogen and oxygen atoms in total. The van der Waals surface area contributed by atoms with Crippen molar-refractivity contribution in [1.29, 1.82) is 5.26 Å². The predicted octanol–water partition coefficient (Wildman–Crippen LogP) is 1.77. The number of aryl methyl sites for hydroxylation is 2. The number of nitriles is 1. The summed E-state index contributed by atoms with van der Waals surface area (Å²) >= 11 is 0.